The highest BCUT2D eigenvalue weighted by Gasteiger charge is 2.41. The second-order valence-corrected chi connectivity index (χ2v) is 5.46. The number of alkyl halides is 2. The summed E-state index contributed by atoms with van der Waals surface area (Å²) in [6, 6.07) is 6.86. The zero-order valence-corrected chi connectivity index (χ0v) is 13.4. The molecule has 0 spiro atoms. The van der Waals surface area contributed by atoms with Crippen LogP contribution in [0.15, 0.2) is 35.9 Å². The van der Waals surface area contributed by atoms with Gasteiger partial charge in [-0.25, -0.2) is 4.79 Å². The van der Waals surface area contributed by atoms with Crippen molar-refractivity contribution in [1.29, 1.82) is 0 Å². The Morgan fingerprint density at radius 1 is 1.52 bits per heavy atom. The van der Waals surface area contributed by atoms with E-state index in [0.717, 1.165) is 4.90 Å². The zero-order chi connectivity index (χ0) is 16.9. The average molecular weight is 340 g/mol. The van der Waals surface area contributed by atoms with Crippen LogP contribution in [0.3, 0.4) is 0 Å². The molecule has 0 bridgehead atoms. The summed E-state index contributed by atoms with van der Waals surface area (Å²) in [6.45, 7) is 1.31. The largest absolute Gasteiger partial charge is 0.450 e. The highest BCUT2D eigenvalue weighted by atomic mass is 35.5. The first kappa shape index (κ1) is 17.3. The Kier molecular flexibility index (Phi) is 5.62. The van der Waals surface area contributed by atoms with E-state index in [1.54, 1.807) is 31.2 Å². The van der Waals surface area contributed by atoms with E-state index in [1.165, 1.54) is 6.08 Å². The van der Waals surface area contributed by atoms with Crippen molar-refractivity contribution in [3.05, 3.63) is 46.5 Å². The number of allylic oxidation sites excluding steroid dienone is 1. The lowest BCUT2D eigenvalue weighted by Gasteiger charge is -2.33. The SMILES string of the molecule is CCOC(=O)N1CC/C(=C\C#Cc2cccc(Cl)c2)C(F)(F)C1. The van der Waals surface area contributed by atoms with Gasteiger partial charge in [0.05, 0.1) is 13.2 Å². The number of ether oxygens (including phenoxy) is 1. The minimum atomic E-state index is -3.10. The van der Waals surface area contributed by atoms with Crippen LogP contribution in [0.4, 0.5) is 13.6 Å². The minimum Gasteiger partial charge on any atom is -0.450 e. The molecule has 122 valence electrons. The van der Waals surface area contributed by atoms with Crippen molar-refractivity contribution in [2.75, 3.05) is 19.7 Å². The van der Waals surface area contributed by atoms with Crippen LogP contribution >= 0.6 is 11.6 Å². The summed E-state index contributed by atoms with van der Waals surface area (Å²) in [5.74, 6) is 2.31. The van der Waals surface area contributed by atoms with E-state index in [-0.39, 0.29) is 25.1 Å². The lowest BCUT2D eigenvalue weighted by molar-refractivity contribution is -0.0184. The topological polar surface area (TPSA) is 29.5 Å². The number of nitrogens with zero attached hydrogens (tertiary/aromatic N) is 1. The molecule has 1 saturated heterocycles. The van der Waals surface area contributed by atoms with Gasteiger partial charge in [-0.1, -0.05) is 29.5 Å². The Hall–Kier alpha value is -2.06. The maximum Gasteiger partial charge on any atom is 0.409 e. The number of hydrogen-bond acceptors (Lipinski definition) is 2. The molecule has 0 N–H and O–H groups in total. The predicted molar refractivity (Wildman–Crippen MR) is 84.6 cm³/mol. The molecule has 1 aliphatic heterocycles. The number of carbonyl (C=O) groups is 1. The quantitative estimate of drug-likeness (QED) is 0.720. The number of carbonyl (C=O) groups excluding carboxylic acids is 1. The van der Waals surface area contributed by atoms with Crippen molar-refractivity contribution >= 4 is 17.7 Å². The summed E-state index contributed by atoms with van der Waals surface area (Å²) in [7, 11) is 0. The van der Waals surface area contributed by atoms with Crippen LogP contribution in [0.2, 0.25) is 5.02 Å². The molecule has 1 aliphatic rings. The summed E-state index contributed by atoms with van der Waals surface area (Å²) >= 11 is 5.84. The molecule has 1 fully saturated rings. The number of piperidine rings is 1. The van der Waals surface area contributed by atoms with Crippen molar-refractivity contribution < 1.29 is 18.3 Å². The molecule has 2 rings (SSSR count). The molecule has 0 atom stereocenters. The smallest absolute Gasteiger partial charge is 0.409 e. The highest BCUT2D eigenvalue weighted by molar-refractivity contribution is 6.30. The van der Waals surface area contributed by atoms with E-state index < -0.39 is 18.6 Å². The Bertz CT molecular complexity index is 677. The maximum absolute atomic E-state index is 14.1. The van der Waals surface area contributed by atoms with Crippen molar-refractivity contribution in [1.82, 2.24) is 4.90 Å². The van der Waals surface area contributed by atoms with Gasteiger partial charge in [0.25, 0.3) is 5.92 Å². The Labute approximate surface area is 138 Å². The summed E-state index contributed by atoms with van der Waals surface area (Å²) in [6.07, 6.45) is 0.579. The molecule has 0 saturated carbocycles. The van der Waals surface area contributed by atoms with Gasteiger partial charge >= 0.3 is 6.09 Å². The van der Waals surface area contributed by atoms with Gasteiger partial charge in [0.15, 0.2) is 0 Å². The standard InChI is InChI=1S/C17H16ClF2NO2/c1-2-23-16(22)21-10-9-14(17(19,20)12-21)7-3-5-13-6-4-8-15(18)11-13/h4,6-8,11H,2,9-10,12H2,1H3/b14-7+. The van der Waals surface area contributed by atoms with Gasteiger partial charge in [-0.15, -0.1) is 0 Å². The molecule has 0 radical (unpaired) electrons. The Balaban J connectivity index is 2.08. The van der Waals surface area contributed by atoms with E-state index in [0.29, 0.717) is 10.6 Å². The van der Waals surface area contributed by atoms with Gasteiger partial charge in [-0.2, -0.15) is 8.78 Å². The first-order valence-corrected chi connectivity index (χ1v) is 7.56. The molecular weight excluding hydrogens is 324 g/mol. The second-order valence-electron chi connectivity index (χ2n) is 5.02. The average Bonchev–Trinajstić information content (AvgIpc) is 2.48. The maximum atomic E-state index is 14.1. The van der Waals surface area contributed by atoms with Crippen LogP contribution in [0.25, 0.3) is 0 Å². The number of benzene rings is 1. The minimum absolute atomic E-state index is 0.0655. The van der Waals surface area contributed by atoms with E-state index in [9.17, 15) is 13.6 Å². The van der Waals surface area contributed by atoms with Crippen molar-refractivity contribution in [3.63, 3.8) is 0 Å². The molecule has 23 heavy (non-hydrogen) atoms. The lowest BCUT2D eigenvalue weighted by atomic mass is 10.00. The summed E-state index contributed by atoms with van der Waals surface area (Å²) in [5.41, 5.74) is 0.578. The van der Waals surface area contributed by atoms with Gasteiger partial charge in [0.2, 0.25) is 0 Å². The number of halogens is 3. The number of rotatable bonds is 1. The van der Waals surface area contributed by atoms with Crippen LogP contribution < -0.4 is 0 Å². The number of likely N-dealkylation sites (tertiary alicyclic amines) is 1. The molecule has 1 aromatic carbocycles. The van der Waals surface area contributed by atoms with E-state index in [1.807, 2.05) is 0 Å². The predicted octanol–water partition coefficient (Wildman–Crippen LogP) is 4.12. The lowest BCUT2D eigenvalue weighted by Crippen LogP contribution is -2.47. The molecule has 0 aromatic heterocycles. The van der Waals surface area contributed by atoms with Gasteiger partial charge < -0.3 is 9.64 Å². The second kappa shape index (κ2) is 7.47. The molecular formula is C17H16ClF2NO2. The Morgan fingerprint density at radius 3 is 2.96 bits per heavy atom. The van der Waals surface area contributed by atoms with Crippen LogP contribution in [0.1, 0.15) is 18.9 Å². The highest BCUT2D eigenvalue weighted by Crippen LogP contribution is 2.32. The van der Waals surface area contributed by atoms with Gasteiger partial charge in [0.1, 0.15) is 0 Å². The molecule has 3 nitrogen and oxygen atoms in total. The number of amides is 1. The first-order valence-electron chi connectivity index (χ1n) is 7.18. The molecule has 6 heteroatoms. The summed E-state index contributed by atoms with van der Waals surface area (Å²) < 4.78 is 33.0. The molecule has 1 amide bonds. The fourth-order valence-electron chi connectivity index (χ4n) is 2.18. The first-order chi connectivity index (χ1) is 10.9. The molecule has 1 heterocycles. The number of hydrogen-bond donors (Lipinski definition) is 0. The third kappa shape index (κ3) is 4.70. The zero-order valence-electron chi connectivity index (χ0n) is 12.6. The van der Waals surface area contributed by atoms with Crippen LogP contribution in [-0.4, -0.2) is 36.6 Å². The monoisotopic (exact) mass is 339 g/mol. The fraction of sp³-hybridized carbons (Fsp3) is 0.353. The van der Waals surface area contributed by atoms with Crippen molar-refractivity contribution in [2.24, 2.45) is 0 Å². The van der Waals surface area contributed by atoms with Crippen LogP contribution in [0, 0.1) is 11.8 Å². The normalized spacial score (nSPS) is 18.3. The van der Waals surface area contributed by atoms with E-state index >= 15 is 0 Å². The third-order valence-corrected chi connectivity index (χ3v) is 3.56. The van der Waals surface area contributed by atoms with Gasteiger partial charge in [-0.05, 0) is 37.6 Å². The van der Waals surface area contributed by atoms with Gasteiger partial charge in [0, 0.05) is 22.7 Å². The van der Waals surface area contributed by atoms with E-state index in [2.05, 4.69) is 11.8 Å². The van der Waals surface area contributed by atoms with Crippen LogP contribution in [-0.2, 0) is 4.74 Å². The third-order valence-electron chi connectivity index (χ3n) is 3.32. The molecule has 0 aliphatic carbocycles. The fourth-order valence-corrected chi connectivity index (χ4v) is 2.37. The molecule has 0 unspecified atom stereocenters. The van der Waals surface area contributed by atoms with Crippen LogP contribution in [0.5, 0.6) is 0 Å². The van der Waals surface area contributed by atoms with Crippen molar-refractivity contribution in [3.8, 4) is 11.8 Å². The summed E-state index contributed by atoms with van der Waals surface area (Å²) in [5, 5.41) is 0.539. The summed E-state index contributed by atoms with van der Waals surface area (Å²) in [4.78, 5) is 12.6. The van der Waals surface area contributed by atoms with E-state index in [4.69, 9.17) is 16.3 Å². The molecule has 1 aromatic rings. The van der Waals surface area contributed by atoms with Gasteiger partial charge in [-0.3, -0.25) is 0 Å². The Morgan fingerprint density at radius 2 is 2.30 bits per heavy atom. The van der Waals surface area contributed by atoms with Crippen molar-refractivity contribution in [2.45, 2.75) is 19.3 Å².